The van der Waals surface area contributed by atoms with Crippen LogP contribution in [0, 0.1) is 23.2 Å². The molecule has 7 nitrogen and oxygen atoms in total. The average molecular weight is 490 g/mol. The van der Waals surface area contributed by atoms with Crippen LogP contribution in [0.1, 0.15) is 35.4 Å². The molecule has 0 bridgehead atoms. The van der Waals surface area contributed by atoms with Gasteiger partial charge in [0.25, 0.3) is 5.56 Å². The van der Waals surface area contributed by atoms with E-state index >= 15 is 0 Å². The third-order valence-electron chi connectivity index (χ3n) is 7.69. The standard InChI is InChI=1S/C30H27N5O2/c31-18-24-25(23-12-6-10-21-9-4-5-11-22(21)23)26-27(32-28(24)36)33-30(34-29(26)37)35-15-13-20(14-16-35)17-19-7-2-1-3-8-19/h1-12,20,24-25H,13-17H2,(H2,32,33,34,36,37). The van der Waals surface area contributed by atoms with Gasteiger partial charge in [0, 0.05) is 19.0 Å². The minimum Gasteiger partial charge on any atom is -0.342 e. The van der Waals surface area contributed by atoms with E-state index in [2.05, 4.69) is 45.5 Å². The number of aromatic amines is 1. The number of carbonyl (C=O) groups excluding carboxylic acids is 1. The summed E-state index contributed by atoms with van der Waals surface area (Å²) < 4.78 is 0. The highest BCUT2D eigenvalue weighted by molar-refractivity contribution is 5.99. The van der Waals surface area contributed by atoms with Gasteiger partial charge in [-0.25, -0.2) is 0 Å². The number of H-pyrrole nitrogens is 1. The van der Waals surface area contributed by atoms with E-state index in [1.807, 2.05) is 48.5 Å². The number of piperidine rings is 1. The molecule has 1 aromatic heterocycles. The van der Waals surface area contributed by atoms with Crippen LogP contribution in [0.25, 0.3) is 10.8 Å². The third-order valence-corrected chi connectivity index (χ3v) is 7.69. The molecule has 0 spiro atoms. The van der Waals surface area contributed by atoms with Crippen molar-refractivity contribution in [2.24, 2.45) is 11.8 Å². The van der Waals surface area contributed by atoms with Crippen molar-refractivity contribution in [3.05, 3.63) is 99.8 Å². The summed E-state index contributed by atoms with van der Waals surface area (Å²) in [6.07, 6.45) is 3.04. The largest absolute Gasteiger partial charge is 0.342 e. The molecular formula is C30H27N5O2. The number of hydrogen-bond acceptors (Lipinski definition) is 5. The van der Waals surface area contributed by atoms with Crippen molar-refractivity contribution < 1.29 is 4.79 Å². The van der Waals surface area contributed by atoms with Crippen LogP contribution in [0.4, 0.5) is 11.8 Å². The average Bonchev–Trinajstić information content (AvgIpc) is 2.93. The molecule has 2 aliphatic heterocycles. The van der Waals surface area contributed by atoms with Gasteiger partial charge in [0.05, 0.1) is 11.6 Å². The number of nitrogens with zero attached hydrogens (tertiary/aromatic N) is 3. The Morgan fingerprint density at radius 2 is 1.68 bits per heavy atom. The molecule has 184 valence electrons. The van der Waals surface area contributed by atoms with Crippen LogP contribution in [-0.4, -0.2) is 29.0 Å². The van der Waals surface area contributed by atoms with Gasteiger partial charge in [0.2, 0.25) is 11.9 Å². The summed E-state index contributed by atoms with van der Waals surface area (Å²) in [7, 11) is 0. The molecule has 2 aliphatic rings. The molecule has 3 heterocycles. The molecule has 6 rings (SSSR count). The van der Waals surface area contributed by atoms with Crippen LogP contribution in [0.5, 0.6) is 0 Å². The number of amides is 1. The van der Waals surface area contributed by atoms with E-state index in [0.29, 0.717) is 17.4 Å². The molecule has 0 radical (unpaired) electrons. The summed E-state index contributed by atoms with van der Waals surface area (Å²) in [6, 6.07) is 26.2. The fraction of sp³-hybridized carbons (Fsp3) is 0.267. The number of aromatic nitrogens is 2. The van der Waals surface area contributed by atoms with Gasteiger partial charge in [-0.3, -0.25) is 14.6 Å². The topological polar surface area (TPSA) is 102 Å². The number of carbonyl (C=O) groups is 1. The lowest BCUT2D eigenvalue weighted by Crippen LogP contribution is -2.41. The lowest BCUT2D eigenvalue weighted by Gasteiger charge is -2.34. The van der Waals surface area contributed by atoms with E-state index in [4.69, 9.17) is 4.98 Å². The molecule has 3 aromatic carbocycles. The van der Waals surface area contributed by atoms with Gasteiger partial charge in [0.1, 0.15) is 11.7 Å². The van der Waals surface area contributed by atoms with E-state index < -0.39 is 17.7 Å². The van der Waals surface area contributed by atoms with E-state index in [9.17, 15) is 14.9 Å². The summed E-state index contributed by atoms with van der Waals surface area (Å²) in [4.78, 5) is 36.3. The molecule has 1 amide bonds. The number of anilines is 2. The van der Waals surface area contributed by atoms with Crippen LogP contribution in [0.15, 0.2) is 77.6 Å². The first-order valence-electron chi connectivity index (χ1n) is 12.7. The van der Waals surface area contributed by atoms with Gasteiger partial charge in [-0.2, -0.15) is 10.2 Å². The molecule has 0 saturated carbocycles. The van der Waals surface area contributed by atoms with Gasteiger partial charge >= 0.3 is 0 Å². The molecule has 1 saturated heterocycles. The first-order valence-corrected chi connectivity index (χ1v) is 12.7. The SMILES string of the molecule is N#CC1C(=O)Nc2nc(N3CCC(Cc4ccccc4)CC3)[nH]c(=O)c2C1c1cccc2ccccc12. The molecule has 1 fully saturated rings. The Morgan fingerprint density at radius 1 is 0.946 bits per heavy atom. The molecule has 2 N–H and O–H groups in total. The maximum atomic E-state index is 13.5. The number of hydrogen-bond donors (Lipinski definition) is 2. The number of nitrogens with one attached hydrogen (secondary N) is 2. The summed E-state index contributed by atoms with van der Waals surface area (Å²) in [6.45, 7) is 1.56. The number of rotatable bonds is 4. The van der Waals surface area contributed by atoms with Crippen molar-refractivity contribution in [2.45, 2.75) is 25.2 Å². The second-order valence-electron chi connectivity index (χ2n) is 9.91. The highest BCUT2D eigenvalue weighted by Gasteiger charge is 2.41. The van der Waals surface area contributed by atoms with Crippen LogP contribution < -0.4 is 15.8 Å². The van der Waals surface area contributed by atoms with Crippen LogP contribution in [0.3, 0.4) is 0 Å². The molecule has 0 aliphatic carbocycles. The summed E-state index contributed by atoms with van der Waals surface area (Å²) in [5, 5.41) is 14.6. The normalized spacial score (nSPS) is 19.8. The highest BCUT2D eigenvalue weighted by atomic mass is 16.2. The van der Waals surface area contributed by atoms with Crippen molar-refractivity contribution in [1.29, 1.82) is 5.26 Å². The van der Waals surface area contributed by atoms with Crippen molar-refractivity contribution >= 4 is 28.4 Å². The summed E-state index contributed by atoms with van der Waals surface area (Å²) in [5.74, 6) is -0.871. The Bertz CT molecular complexity index is 1560. The Morgan fingerprint density at radius 3 is 2.46 bits per heavy atom. The predicted octanol–water partition coefficient (Wildman–Crippen LogP) is 4.61. The van der Waals surface area contributed by atoms with Gasteiger partial charge in [-0.1, -0.05) is 72.8 Å². The van der Waals surface area contributed by atoms with Crippen molar-refractivity contribution in [1.82, 2.24) is 9.97 Å². The van der Waals surface area contributed by atoms with Crippen LogP contribution >= 0.6 is 0 Å². The third kappa shape index (κ3) is 4.25. The molecule has 4 aromatic rings. The van der Waals surface area contributed by atoms with Gasteiger partial charge in [0.15, 0.2) is 0 Å². The highest BCUT2D eigenvalue weighted by Crippen LogP contribution is 2.41. The van der Waals surface area contributed by atoms with Gasteiger partial charge in [-0.15, -0.1) is 0 Å². The summed E-state index contributed by atoms with van der Waals surface area (Å²) >= 11 is 0. The lowest BCUT2D eigenvalue weighted by molar-refractivity contribution is -0.119. The van der Waals surface area contributed by atoms with Crippen molar-refractivity contribution in [3.8, 4) is 6.07 Å². The molecule has 2 unspecified atom stereocenters. The zero-order valence-electron chi connectivity index (χ0n) is 20.4. The quantitative estimate of drug-likeness (QED) is 0.436. The van der Waals surface area contributed by atoms with Crippen molar-refractivity contribution in [3.63, 3.8) is 0 Å². The van der Waals surface area contributed by atoms with Gasteiger partial charge < -0.3 is 10.2 Å². The molecule has 37 heavy (non-hydrogen) atoms. The Labute approximate surface area is 214 Å². The first kappa shape index (κ1) is 23.0. The Balaban J connectivity index is 1.32. The van der Waals surface area contributed by atoms with E-state index in [0.717, 1.165) is 48.7 Å². The second-order valence-corrected chi connectivity index (χ2v) is 9.91. The molecule has 7 heteroatoms. The lowest BCUT2D eigenvalue weighted by atomic mass is 9.77. The van der Waals surface area contributed by atoms with Gasteiger partial charge in [-0.05, 0) is 47.1 Å². The predicted molar refractivity (Wildman–Crippen MR) is 143 cm³/mol. The zero-order valence-corrected chi connectivity index (χ0v) is 20.4. The van der Waals surface area contributed by atoms with Crippen LogP contribution in [-0.2, 0) is 11.2 Å². The fourth-order valence-electron chi connectivity index (χ4n) is 5.80. The maximum Gasteiger partial charge on any atom is 0.258 e. The molecule has 2 atom stereocenters. The van der Waals surface area contributed by atoms with Crippen molar-refractivity contribution in [2.75, 3.05) is 23.3 Å². The minimum absolute atomic E-state index is 0.250. The number of nitriles is 1. The fourth-order valence-corrected chi connectivity index (χ4v) is 5.80. The smallest absolute Gasteiger partial charge is 0.258 e. The second kappa shape index (κ2) is 9.55. The maximum absolute atomic E-state index is 13.5. The minimum atomic E-state index is -1.03. The number of benzene rings is 3. The number of fused-ring (bicyclic) bond motifs is 2. The monoisotopic (exact) mass is 489 g/mol. The van der Waals surface area contributed by atoms with E-state index in [-0.39, 0.29) is 11.4 Å². The Kier molecular flexibility index (Phi) is 5.93. The summed E-state index contributed by atoms with van der Waals surface area (Å²) in [5.41, 5.74) is 2.15. The Hall–Kier alpha value is -4.44. The zero-order chi connectivity index (χ0) is 25.4. The van der Waals surface area contributed by atoms with Crippen LogP contribution in [0.2, 0.25) is 0 Å². The van der Waals surface area contributed by atoms with E-state index in [1.165, 1.54) is 5.56 Å². The van der Waals surface area contributed by atoms with E-state index in [1.54, 1.807) is 0 Å². The first-order chi connectivity index (χ1) is 18.1. The molecular weight excluding hydrogens is 462 g/mol.